The van der Waals surface area contributed by atoms with Crippen LogP contribution in [0.3, 0.4) is 0 Å². The van der Waals surface area contributed by atoms with Crippen LogP contribution in [-0.2, 0) is 0 Å². The minimum Gasteiger partial charge on any atom is -0.507 e. The van der Waals surface area contributed by atoms with Crippen molar-refractivity contribution >= 4 is 0 Å². The fourth-order valence-electron chi connectivity index (χ4n) is 2.72. The van der Waals surface area contributed by atoms with Gasteiger partial charge >= 0.3 is 0 Å². The second-order valence-corrected chi connectivity index (χ2v) is 6.74. The molecule has 0 spiro atoms. The number of aromatic nitrogens is 3. The van der Waals surface area contributed by atoms with Gasteiger partial charge in [0.25, 0.3) is 0 Å². The lowest BCUT2D eigenvalue weighted by Gasteiger charge is -2.09. The molecular formula is C23H27N3O3. The quantitative estimate of drug-likeness (QED) is 0.473. The van der Waals surface area contributed by atoms with Crippen LogP contribution in [0.25, 0.3) is 22.8 Å². The van der Waals surface area contributed by atoms with Crippen molar-refractivity contribution in [2.45, 2.75) is 39.5 Å². The number of hydrogen-bond donors (Lipinski definition) is 1. The van der Waals surface area contributed by atoms with E-state index in [9.17, 15) is 5.11 Å². The number of unbranched alkanes of at least 4 members (excludes halogenated alkanes) is 2. The second-order valence-electron chi connectivity index (χ2n) is 6.74. The largest absolute Gasteiger partial charge is 0.507 e. The van der Waals surface area contributed by atoms with Crippen LogP contribution < -0.4 is 9.47 Å². The van der Waals surface area contributed by atoms with E-state index in [1.807, 2.05) is 30.3 Å². The molecule has 6 heteroatoms. The highest BCUT2D eigenvalue weighted by molar-refractivity contribution is 5.67. The zero-order valence-corrected chi connectivity index (χ0v) is 17.0. The van der Waals surface area contributed by atoms with Gasteiger partial charge in [0.05, 0.1) is 18.8 Å². The van der Waals surface area contributed by atoms with Crippen LogP contribution in [0.1, 0.15) is 39.5 Å². The van der Waals surface area contributed by atoms with Gasteiger partial charge in [-0.05, 0) is 49.2 Å². The van der Waals surface area contributed by atoms with Crippen LogP contribution in [0.2, 0.25) is 0 Å². The summed E-state index contributed by atoms with van der Waals surface area (Å²) >= 11 is 0. The molecule has 0 amide bonds. The number of nitrogens with zero attached hydrogens (tertiary/aromatic N) is 3. The standard InChI is InChI=1S/C23H27N3O3/c1-3-5-13-28-18-9-7-17(8-10-18)22-24-16-25-23(26-22)20-12-11-19(15-21(20)27)29-14-6-4-2/h7-12,15-16,27H,3-6,13-14H2,1-2H3. The highest BCUT2D eigenvalue weighted by Gasteiger charge is 2.11. The minimum atomic E-state index is 0.0795. The number of phenols is 1. The molecule has 1 heterocycles. The second kappa shape index (κ2) is 10.4. The van der Waals surface area contributed by atoms with Gasteiger partial charge < -0.3 is 14.6 Å². The summed E-state index contributed by atoms with van der Waals surface area (Å²) in [5.41, 5.74) is 1.39. The smallest absolute Gasteiger partial charge is 0.167 e. The van der Waals surface area contributed by atoms with Crippen LogP contribution in [0, 0.1) is 0 Å². The van der Waals surface area contributed by atoms with Crippen molar-refractivity contribution in [1.82, 2.24) is 15.0 Å². The molecule has 0 saturated carbocycles. The Morgan fingerprint density at radius 3 is 2.07 bits per heavy atom. The molecule has 152 valence electrons. The van der Waals surface area contributed by atoms with Gasteiger partial charge in [0, 0.05) is 11.6 Å². The number of rotatable bonds is 10. The van der Waals surface area contributed by atoms with Crippen molar-refractivity contribution < 1.29 is 14.6 Å². The van der Waals surface area contributed by atoms with Crippen LogP contribution in [0.5, 0.6) is 17.2 Å². The summed E-state index contributed by atoms with van der Waals surface area (Å²) in [5.74, 6) is 2.49. The molecule has 3 rings (SSSR count). The lowest BCUT2D eigenvalue weighted by atomic mass is 10.1. The van der Waals surface area contributed by atoms with Gasteiger partial charge in [0.1, 0.15) is 23.6 Å². The van der Waals surface area contributed by atoms with Gasteiger partial charge in [-0.2, -0.15) is 0 Å². The molecule has 3 aromatic rings. The van der Waals surface area contributed by atoms with Crippen molar-refractivity contribution in [1.29, 1.82) is 0 Å². The normalized spacial score (nSPS) is 10.7. The lowest BCUT2D eigenvalue weighted by Crippen LogP contribution is -1.98. The number of phenolic OH excluding ortho intramolecular Hbond substituents is 1. The molecule has 0 atom stereocenters. The Hall–Kier alpha value is -3.15. The topological polar surface area (TPSA) is 77.4 Å². The Labute approximate surface area is 171 Å². The number of hydrogen-bond acceptors (Lipinski definition) is 6. The van der Waals surface area contributed by atoms with Crippen LogP contribution in [0.4, 0.5) is 0 Å². The predicted molar refractivity (Wildman–Crippen MR) is 113 cm³/mol. The maximum absolute atomic E-state index is 10.4. The van der Waals surface area contributed by atoms with E-state index in [-0.39, 0.29) is 5.75 Å². The molecule has 1 aromatic heterocycles. The summed E-state index contributed by atoms with van der Waals surface area (Å²) in [6.07, 6.45) is 5.62. The number of ether oxygens (including phenoxy) is 2. The maximum Gasteiger partial charge on any atom is 0.167 e. The molecule has 2 aromatic carbocycles. The minimum absolute atomic E-state index is 0.0795. The summed E-state index contributed by atoms with van der Waals surface area (Å²) < 4.78 is 11.3. The molecule has 0 aliphatic rings. The van der Waals surface area contributed by atoms with Crippen LogP contribution in [-0.4, -0.2) is 33.3 Å². The van der Waals surface area contributed by atoms with E-state index in [1.165, 1.54) is 6.33 Å². The predicted octanol–water partition coefficient (Wildman–Crippen LogP) is 5.27. The molecule has 0 aliphatic heterocycles. The molecule has 6 nitrogen and oxygen atoms in total. The van der Waals surface area contributed by atoms with Crippen LogP contribution >= 0.6 is 0 Å². The van der Waals surface area contributed by atoms with Crippen molar-refractivity contribution in [3.8, 4) is 40.0 Å². The Balaban J connectivity index is 1.75. The molecule has 29 heavy (non-hydrogen) atoms. The average molecular weight is 393 g/mol. The molecule has 1 N–H and O–H groups in total. The molecule has 0 fully saturated rings. The molecule has 0 saturated heterocycles. The highest BCUT2D eigenvalue weighted by Crippen LogP contribution is 2.31. The van der Waals surface area contributed by atoms with E-state index in [1.54, 1.807) is 12.1 Å². The first-order valence-corrected chi connectivity index (χ1v) is 10.1. The molecule has 0 bridgehead atoms. The highest BCUT2D eigenvalue weighted by atomic mass is 16.5. The Kier molecular flexibility index (Phi) is 7.39. The Morgan fingerprint density at radius 2 is 1.41 bits per heavy atom. The zero-order chi connectivity index (χ0) is 20.5. The Bertz CT molecular complexity index is 913. The van der Waals surface area contributed by atoms with E-state index in [4.69, 9.17) is 9.47 Å². The van der Waals surface area contributed by atoms with Crippen molar-refractivity contribution in [2.75, 3.05) is 13.2 Å². The molecular weight excluding hydrogens is 366 g/mol. The first-order chi connectivity index (χ1) is 14.2. The molecule has 0 radical (unpaired) electrons. The third-order valence-electron chi connectivity index (χ3n) is 4.43. The van der Waals surface area contributed by atoms with Gasteiger partial charge in [-0.3, -0.25) is 0 Å². The van der Waals surface area contributed by atoms with Crippen molar-refractivity contribution in [2.24, 2.45) is 0 Å². The summed E-state index contributed by atoms with van der Waals surface area (Å²) in [5, 5.41) is 10.4. The fourth-order valence-corrected chi connectivity index (χ4v) is 2.72. The average Bonchev–Trinajstić information content (AvgIpc) is 2.75. The van der Waals surface area contributed by atoms with E-state index in [0.29, 0.717) is 36.2 Å². The third kappa shape index (κ3) is 5.67. The zero-order valence-electron chi connectivity index (χ0n) is 17.0. The van der Waals surface area contributed by atoms with E-state index < -0.39 is 0 Å². The van der Waals surface area contributed by atoms with Gasteiger partial charge in [-0.15, -0.1) is 0 Å². The first kappa shape index (κ1) is 20.6. The van der Waals surface area contributed by atoms with Gasteiger partial charge in [-0.25, -0.2) is 15.0 Å². The van der Waals surface area contributed by atoms with E-state index in [2.05, 4.69) is 28.8 Å². The number of benzene rings is 2. The monoisotopic (exact) mass is 393 g/mol. The number of aromatic hydroxyl groups is 1. The fraction of sp³-hybridized carbons (Fsp3) is 0.348. The van der Waals surface area contributed by atoms with Crippen molar-refractivity contribution in [3.63, 3.8) is 0 Å². The SMILES string of the molecule is CCCCOc1ccc(-c2ncnc(-c3ccc(OCCCC)cc3O)n2)cc1. The molecule has 0 unspecified atom stereocenters. The summed E-state index contributed by atoms with van der Waals surface area (Å²) in [7, 11) is 0. The summed E-state index contributed by atoms with van der Waals surface area (Å²) in [6, 6.07) is 12.8. The Morgan fingerprint density at radius 1 is 0.793 bits per heavy atom. The van der Waals surface area contributed by atoms with Crippen LogP contribution in [0.15, 0.2) is 48.8 Å². The van der Waals surface area contributed by atoms with Gasteiger partial charge in [0.15, 0.2) is 11.6 Å². The molecule has 0 aliphatic carbocycles. The van der Waals surface area contributed by atoms with E-state index in [0.717, 1.165) is 37.0 Å². The third-order valence-corrected chi connectivity index (χ3v) is 4.43. The summed E-state index contributed by atoms with van der Waals surface area (Å²) in [6.45, 7) is 5.58. The maximum atomic E-state index is 10.4. The summed E-state index contributed by atoms with van der Waals surface area (Å²) in [4.78, 5) is 13.0. The first-order valence-electron chi connectivity index (χ1n) is 10.1. The van der Waals surface area contributed by atoms with Gasteiger partial charge in [-0.1, -0.05) is 26.7 Å². The van der Waals surface area contributed by atoms with Crippen molar-refractivity contribution in [3.05, 3.63) is 48.8 Å². The van der Waals surface area contributed by atoms with Gasteiger partial charge in [0.2, 0.25) is 0 Å². The van der Waals surface area contributed by atoms with E-state index >= 15 is 0 Å². The lowest BCUT2D eigenvalue weighted by molar-refractivity contribution is 0.307.